The van der Waals surface area contributed by atoms with E-state index in [1.54, 1.807) is 0 Å². The predicted molar refractivity (Wildman–Crippen MR) is 119 cm³/mol. The van der Waals surface area contributed by atoms with Crippen LogP contribution in [-0.2, 0) is 9.47 Å². The molecule has 0 bridgehead atoms. The monoisotopic (exact) mass is 461 g/mol. The summed E-state index contributed by atoms with van der Waals surface area (Å²) in [7, 11) is 0. The Hall–Kier alpha value is -0.440. The van der Waals surface area contributed by atoms with Crippen molar-refractivity contribution in [3.05, 3.63) is 0 Å². The molecule has 32 heavy (non-hydrogen) atoms. The van der Waals surface area contributed by atoms with Gasteiger partial charge >= 0.3 is 0 Å². The van der Waals surface area contributed by atoms with Gasteiger partial charge in [0.25, 0.3) is 0 Å². The molecule has 3 saturated heterocycles. The summed E-state index contributed by atoms with van der Waals surface area (Å²) in [4.78, 5) is 7.47. The number of aliphatic hydroxyl groups excluding tert-OH is 4. The molecule has 6 N–H and O–H groups in total. The first-order valence-electron chi connectivity index (χ1n) is 12.1. The lowest BCUT2D eigenvalue weighted by atomic mass is 9.99. The van der Waals surface area contributed by atoms with Gasteiger partial charge in [0.1, 0.15) is 24.4 Å². The van der Waals surface area contributed by atoms with Gasteiger partial charge in [0.05, 0.1) is 13.2 Å². The third kappa shape index (κ3) is 8.10. The van der Waals surface area contributed by atoms with Crippen molar-refractivity contribution < 1.29 is 29.9 Å². The summed E-state index contributed by atoms with van der Waals surface area (Å²) < 4.78 is 11.1. The number of piperazine rings is 2. The molecule has 3 fully saturated rings. The molecule has 11 nitrogen and oxygen atoms in total. The zero-order valence-electron chi connectivity index (χ0n) is 19.1. The number of aliphatic hydroxyl groups is 4. The van der Waals surface area contributed by atoms with Gasteiger partial charge in [-0.1, -0.05) is 0 Å². The zero-order chi connectivity index (χ0) is 22.8. The third-order valence-electron chi connectivity index (χ3n) is 6.63. The van der Waals surface area contributed by atoms with Crippen LogP contribution in [0.15, 0.2) is 0 Å². The molecule has 3 rings (SSSR count). The van der Waals surface area contributed by atoms with E-state index < -0.39 is 37.3 Å². The Balaban J connectivity index is 1.41. The SMILES string of the molecule is OCC1O[C@@H](OCCCN(CCN2CCNCC2)CCN2CCNCC2)C(O)C(O)[C@@H]1O. The average Bonchev–Trinajstić information content (AvgIpc) is 2.84. The number of nitrogens with one attached hydrogen (secondary N) is 2. The summed E-state index contributed by atoms with van der Waals surface area (Å²) in [5, 5.41) is 46.0. The van der Waals surface area contributed by atoms with E-state index in [2.05, 4.69) is 25.3 Å². The van der Waals surface area contributed by atoms with E-state index in [4.69, 9.17) is 9.47 Å². The first kappa shape index (κ1) is 26.2. The Labute approximate surface area is 191 Å². The van der Waals surface area contributed by atoms with E-state index in [9.17, 15) is 20.4 Å². The van der Waals surface area contributed by atoms with Crippen LogP contribution in [0, 0.1) is 0 Å². The predicted octanol–water partition coefficient (Wildman–Crippen LogP) is -3.69. The van der Waals surface area contributed by atoms with Gasteiger partial charge in [0.2, 0.25) is 0 Å². The van der Waals surface area contributed by atoms with E-state index in [1.165, 1.54) is 0 Å². The maximum atomic E-state index is 10.1. The van der Waals surface area contributed by atoms with Crippen LogP contribution < -0.4 is 10.6 Å². The van der Waals surface area contributed by atoms with Gasteiger partial charge in [-0.25, -0.2) is 0 Å². The lowest BCUT2D eigenvalue weighted by Crippen LogP contribution is -2.59. The molecule has 0 aromatic rings. The minimum absolute atomic E-state index is 0.362. The Morgan fingerprint density at radius 2 is 1.38 bits per heavy atom. The van der Waals surface area contributed by atoms with Crippen LogP contribution in [0.2, 0.25) is 0 Å². The number of hydrogen-bond acceptors (Lipinski definition) is 11. The number of ether oxygens (including phenoxy) is 2. The Kier molecular flexibility index (Phi) is 11.5. The van der Waals surface area contributed by atoms with Crippen LogP contribution >= 0.6 is 0 Å². The fourth-order valence-corrected chi connectivity index (χ4v) is 4.46. The highest BCUT2D eigenvalue weighted by atomic mass is 16.7. The number of hydrogen-bond donors (Lipinski definition) is 6. The van der Waals surface area contributed by atoms with Crippen LogP contribution in [0.25, 0.3) is 0 Å². The molecule has 3 unspecified atom stereocenters. The first-order chi connectivity index (χ1) is 15.6. The van der Waals surface area contributed by atoms with Crippen LogP contribution in [0.3, 0.4) is 0 Å². The average molecular weight is 462 g/mol. The highest BCUT2D eigenvalue weighted by Gasteiger charge is 2.43. The summed E-state index contributed by atoms with van der Waals surface area (Å²) in [6.07, 6.45) is -5.34. The van der Waals surface area contributed by atoms with Crippen molar-refractivity contribution in [1.29, 1.82) is 0 Å². The largest absolute Gasteiger partial charge is 0.394 e. The van der Waals surface area contributed by atoms with Gasteiger partial charge in [-0.2, -0.15) is 0 Å². The van der Waals surface area contributed by atoms with Crippen LogP contribution in [0.1, 0.15) is 6.42 Å². The van der Waals surface area contributed by atoms with Gasteiger partial charge in [0, 0.05) is 85.1 Å². The summed E-state index contributed by atoms with van der Waals surface area (Å²) in [6, 6.07) is 0. The van der Waals surface area contributed by atoms with Gasteiger partial charge in [-0.15, -0.1) is 0 Å². The molecule has 0 aliphatic carbocycles. The van der Waals surface area contributed by atoms with Crippen molar-refractivity contribution in [2.75, 3.05) is 98.3 Å². The second-order valence-corrected chi connectivity index (χ2v) is 8.95. The fraction of sp³-hybridized carbons (Fsp3) is 1.00. The number of rotatable bonds is 12. The molecule has 0 saturated carbocycles. The topological polar surface area (TPSA) is 133 Å². The van der Waals surface area contributed by atoms with Gasteiger partial charge in [-0.05, 0) is 6.42 Å². The minimum Gasteiger partial charge on any atom is -0.394 e. The lowest BCUT2D eigenvalue weighted by Gasteiger charge is -2.39. The molecule has 0 aromatic carbocycles. The van der Waals surface area contributed by atoms with Crippen molar-refractivity contribution in [2.24, 2.45) is 0 Å². The van der Waals surface area contributed by atoms with Gasteiger partial charge in [0.15, 0.2) is 6.29 Å². The standard InChI is InChI=1S/C21H43N5O6/c27-16-17-18(28)19(29)20(30)21(32-17)31-15-1-6-24(11-13-25-7-2-22-3-8-25)12-14-26-9-4-23-5-10-26/h17-23,27-30H,1-16H2/t17?,18-,19?,20?,21-/m1/s1. The van der Waals surface area contributed by atoms with E-state index in [0.717, 1.165) is 91.5 Å². The lowest BCUT2D eigenvalue weighted by molar-refractivity contribution is -0.301. The van der Waals surface area contributed by atoms with Crippen molar-refractivity contribution in [3.63, 3.8) is 0 Å². The molecule has 3 aliphatic rings. The van der Waals surface area contributed by atoms with Gasteiger partial charge in [-0.3, -0.25) is 9.80 Å². The molecule has 0 aromatic heterocycles. The summed E-state index contributed by atoms with van der Waals surface area (Å²) in [6.45, 7) is 13.5. The van der Waals surface area contributed by atoms with Gasteiger partial charge < -0.3 is 45.4 Å². The summed E-state index contributed by atoms with van der Waals surface area (Å²) in [5.74, 6) is 0. The molecular weight excluding hydrogens is 418 g/mol. The highest BCUT2D eigenvalue weighted by molar-refractivity contribution is 4.88. The maximum Gasteiger partial charge on any atom is 0.186 e. The summed E-state index contributed by atoms with van der Waals surface area (Å²) >= 11 is 0. The molecule has 3 aliphatic heterocycles. The molecule has 11 heteroatoms. The van der Waals surface area contributed by atoms with E-state index in [1.807, 2.05) is 0 Å². The minimum atomic E-state index is -1.40. The van der Waals surface area contributed by atoms with E-state index >= 15 is 0 Å². The molecule has 5 atom stereocenters. The second-order valence-electron chi connectivity index (χ2n) is 8.95. The highest BCUT2D eigenvalue weighted by Crippen LogP contribution is 2.22. The van der Waals surface area contributed by atoms with Crippen LogP contribution in [0.4, 0.5) is 0 Å². The Morgan fingerprint density at radius 1 is 0.812 bits per heavy atom. The summed E-state index contributed by atoms with van der Waals surface area (Å²) in [5.41, 5.74) is 0. The Morgan fingerprint density at radius 3 is 1.91 bits per heavy atom. The molecule has 3 heterocycles. The molecule has 0 amide bonds. The van der Waals surface area contributed by atoms with E-state index in [0.29, 0.717) is 6.61 Å². The second kappa shape index (κ2) is 14.1. The Bertz CT molecular complexity index is 485. The number of nitrogens with zero attached hydrogens (tertiary/aromatic N) is 3. The zero-order valence-corrected chi connectivity index (χ0v) is 19.1. The first-order valence-corrected chi connectivity index (χ1v) is 12.1. The molecule has 0 radical (unpaired) electrons. The van der Waals surface area contributed by atoms with Crippen molar-refractivity contribution in [1.82, 2.24) is 25.3 Å². The normalized spacial score (nSPS) is 33.1. The third-order valence-corrected chi connectivity index (χ3v) is 6.63. The smallest absolute Gasteiger partial charge is 0.186 e. The van der Waals surface area contributed by atoms with E-state index in [-0.39, 0.29) is 0 Å². The molecule has 188 valence electrons. The van der Waals surface area contributed by atoms with Crippen molar-refractivity contribution in [3.8, 4) is 0 Å². The van der Waals surface area contributed by atoms with Crippen molar-refractivity contribution >= 4 is 0 Å². The van der Waals surface area contributed by atoms with Crippen LogP contribution in [-0.4, -0.2) is 164 Å². The van der Waals surface area contributed by atoms with Crippen LogP contribution in [0.5, 0.6) is 0 Å². The maximum absolute atomic E-state index is 10.1. The quantitative estimate of drug-likeness (QED) is 0.160. The van der Waals surface area contributed by atoms with Crippen molar-refractivity contribution in [2.45, 2.75) is 37.1 Å². The molecule has 0 spiro atoms. The fourth-order valence-electron chi connectivity index (χ4n) is 4.46. The molecular formula is C21H43N5O6.